The van der Waals surface area contributed by atoms with Crippen molar-refractivity contribution in [3.8, 4) is 0 Å². The van der Waals surface area contributed by atoms with Crippen molar-refractivity contribution >= 4 is 5.78 Å². The maximum atomic E-state index is 11.2. The highest BCUT2D eigenvalue weighted by Crippen LogP contribution is 2.06. The van der Waals surface area contributed by atoms with Gasteiger partial charge in [-0.3, -0.25) is 9.69 Å². The summed E-state index contributed by atoms with van der Waals surface area (Å²) in [5.41, 5.74) is 0. The molecular weight excluding hydrogens is 162 g/mol. The van der Waals surface area contributed by atoms with Gasteiger partial charge in [-0.1, -0.05) is 20.8 Å². The molecule has 0 aliphatic rings. The van der Waals surface area contributed by atoms with E-state index in [1.165, 1.54) is 0 Å². The van der Waals surface area contributed by atoms with E-state index in [2.05, 4.69) is 25.7 Å². The summed E-state index contributed by atoms with van der Waals surface area (Å²) < 4.78 is 0. The number of Topliss-reactive ketones (excluding diaryl/α,β-unsaturated/α-hetero) is 1. The highest BCUT2D eigenvalue weighted by Gasteiger charge is 2.17. The molecule has 0 unspecified atom stereocenters. The fourth-order valence-corrected chi connectivity index (χ4v) is 1.46. The zero-order valence-electron chi connectivity index (χ0n) is 9.63. The molecule has 13 heavy (non-hydrogen) atoms. The van der Waals surface area contributed by atoms with Crippen LogP contribution in [0.5, 0.6) is 0 Å². The van der Waals surface area contributed by atoms with Crippen LogP contribution in [0.3, 0.4) is 0 Å². The van der Waals surface area contributed by atoms with Gasteiger partial charge in [0.25, 0.3) is 0 Å². The molecule has 0 saturated heterocycles. The van der Waals surface area contributed by atoms with Crippen LogP contribution in [0, 0.1) is 5.92 Å². The Morgan fingerprint density at radius 3 is 2.15 bits per heavy atom. The minimum atomic E-state index is 0.0855. The second kappa shape index (κ2) is 6.14. The Balaban J connectivity index is 4.14. The summed E-state index contributed by atoms with van der Waals surface area (Å²) in [6.45, 7) is 12.3. The van der Waals surface area contributed by atoms with E-state index in [-0.39, 0.29) is 11.8 Å². The molecular formula is C11H23NO. The zero-order valence-corrected chi connectivity index (χ0v) is 9.63. The summed E-state index contributed by atoms with van der Waals surface area (Å²) in [7, 11) is 0. The van der Waals surface area contributed by atoms with Crippen molar-refractivity contribution in [2.75, 3.05) is 13.1 Å². The van der Waals surface area contributed by atoms with Crippen LogP contribution < -0.4 is 0 Å². The molecule has 0 rings (SSSR count). The molecule has 0 saturated carbocycles. The fourth-order valence-electron chi connectivity index (χ4n) is 1.46. The first-order valence-electron chi connectivity index (χ1n) is 5.23. The average Bonchev–Trinajstić information content (AvgIpc) is 2.01. The molecule has 2 heteroatoms. The van der Waals surface area contributed by atoms with Crippen molar-refractivity contribution in [2.24, 2.45) is 5.92 Å². The number of nitrogens with zero attached hydrogens (tertiary/aromatic N) is 1. The highest BCUT2D eigenvalue weighted by molar-refractivity contribution is 5.80. The Morgan fingerprint density at radius 2 is 1.85 bits per heavy atom. The molecule has 78 valence electrons. The van der Waals surface area contributed by atoms with E-state index in [1.807, 2.05) is 6.92 Å². The maximum Gasteiger partial charge on any atom is 0.146 e. The van der Waals surface area contributed by atoms with Gasteiger partial charge in [-0.15, -0.1) is 0 Å². The van der Waals surface area contributed by atoms with Crippen LogP contribution >= 0.6 is 0 Å². The molecule has 0 aromatic heterocycles. The van der Waals surface area contributed by atoms with E-state index in [9.17, 15) is 4.79 Å². The quantitative estimate of drug-likeness (QED) is 0.633. The van der Waals surface area contributed by atoms with Gasteiger partial charge in [0, 0.05) is 6.54 Å². The molecule has 0 radical (unpaired) electrons. The van der Waals surface area contributed by atoms with Crippen molar-refractivity contribution in [3.05, 3.63) is 0 Å². The minimum Gasteiger partial charge on any atom is -0.298 e. The van der Waals surface area contributed by atoms with Crippen molar-refractivity contribution < 1.29 is 4.79 Å². The molecule has 0 amide bonds. The topological polar surface area (TPSA) is 20.3 Å². The summed E-state index contributed by atoms with van der Waals surface area (Å²) in [6.07, 6.45) is 1.12. The van der Waals surface area contributed by atoms with Crippen LogP contribution in [0.15, 0.2) is 0 Å². The minimum absolute atomic E-state index is 0.0855. The monoisotopic (exact) mass is 185 g/mol. The summed E-state index contributed by atoms with van der Waals surface area (Å²) in [5, 5.41) is 0. The van der Waals surface area contributed by atoms with Crippen molar-refractivity contribution in [3.63, 3.8) is 0 Å². The first-order chi connectivity index (χ1) is 5.99. The van der Waals surface area contributed by atoms with Crippen molar-refractivity contribution in [1.29, 1.82) is 0 Å². The molecule has 0 fully saturated rings. The van der Waals surface area contributed by atoms with Crippen LogP contribution in [0.4, 0.5) is 0 Å². The standard InChI is InChI=1S/C11H23NO/c1-6-7-12(8-9(2)3)10(4)11(5)13/h9-10H,6-8H2,1-5H3/t10-/m1/s1. The lowest BCUT2D eigenvalue weighted by atomic mass is 10.1. The van der Waals surface area contributed by atoms with E-state index < -0.39 is 0 Å². The lowest BCUT2D eigenvalue weighted by molar-refractivity contribution is -0.121. The van der Waals surface area contributed by atoms with E-state index in [0.717, 1.165) is 19.5 Å². The van der Waals surface area contributed by atoms with Crippen LogP contribution in [0.1, 0.15) is 41.0 Å². The third-order valence-corrected chi connectivity index (χ3v) is 2.25. The molecule has 0 aromatic rings. The van der Waals surface area contributed by atoms with Gasteiger partial charge in [0.15, 0.2) is 0 Å². The second-order valence-electron chi connectivity index (χ2n) is 4.18. The van der Waals surface area contributed by atoms with E-state index in [1.54, 1.807) is 6.92 Å². The first-order valence-corrected chi connectivity index (χ1v) is 5.23. The van der Waals surface area contributed by atoms with Crippen molar-refractivity contribution in [2.45, 2.75) is 47.1 Å². The van der Waals surface area contributed by atoms with Gasteiger partial charge in [0.05, 0.1) is 6.04 Å². The molecule has 0 heterocycles. The Hall–Kier alpha value is -0.370. The molecule has 0 aromatic carbocycles. The van der Waals surface area contributed by atoms with Gasteiger partial charge in [0.2, 0.25) is 0 Å². The smallest absolute Gasteiger partial charge is 0.146 e. The zero-order chi connectivity index (χ0) is 10.4. The Bertz CT molecular complexity index is 154. The van der Waals surface area contributed by atoms with Gasteiger partial charge < -0.3 is 0 Å². The lowest BCUT2D eigenvalue weighted by Gasteiger charge is -2.28. The number of carbonyl (C=O) groups is 1. The normalized spacial score (nSPS) is 13.8. The summed E-state index contributed by atoms with van der Waals surface area (Å²) in [5.74, 6) is 0.905. The lowest BCUT2D eigenvalue weighted by Crippen LogP contribution is -2.40. The molecule has 1 atom stereocenters. The summed E-state index contributed by atoms with van der Waals surface area (Å²) >= 11 is 0. The van der Waals surface area contributed by atoms with Crippen LogP contribution in [-0.4, -0.2) is 29.8 Å². The Labute approximate surface area is 82.3 Å². The number of hydrogen-bond donors (Lipinski definition) is 0. The molecule has 2 nitrogen and oxygen atoms in total. The third kappa shape index (κ3) is 5.04. The van der Waals surface area contributed by atoms with Crippen molar-refractivity contribution in [1.82, 2.24) is 4.90 Å². The summed E-state index contributed by atoms with van der Waals surface area (Å²) in [6, 6.07) is 0.0855. The Kier molecular flexibility index (Phi) is 5.97. The number of rotatable bonds is 6. The average molecular weight is 185 g/mol. The Morgan fingerprint density at radius 1 is 1.31 bits per heavy atom. The molecule has 0 aliphatic carbocycles. The van der Waals surface area contributed by atoms with Gasteiger partial charge >= 0.3 is 0 Å². The van der Waals surface area contributed by atoms with Crippen LogP contribution in [0.2, 0.25) is 0 Å². The molecule has 0 bridgehead atoms. The fraction of sp³-hybridized carbons (Fsp3) is 0.909. The first kappa shape index (κ1) is 12.6. The SMILES string of the molecule is CCCN(CC(C)C)[C@H](C)C(C)=O. The number of ketones is 1. The van der Waals surface area contributed by atoms with E-state index in [0.29, 0.717) is 5.92 Å². The van der Waals surface area contributed by atoms with Gasteiger partial charge in [-0.2, -0.15) is 0 Å². The summed E-state index contributed by atoms with van der Waals surface area (Å²) in [4.78, 5) is 13.5. The highest BCUT2D eigenvalue weighted by atomic mass is 16.1. The predicted molar refractivity (Wildman–Crippen MR) is 56.8 cm³/mol. The van der Waals surface area contributed by atoms with Gasteiger partial charge in [0.1, 0.15) is 5.78 Å². The number of carbonyl (C=O) groups excluding carboxylic acids is 1. The molecule has 0 aliphatic heterocycles. The van der Waals surface area contributed by atoms with Gasteiger partial charge in [-0.25, -0.2) is 0 Å². The third-order valence-electron chi connectivity index (χ3n) is 2.25. The van der Waals surface area contributed by atoms with Crippen LogP contribution in [0.25, 0.3) is 0 Å². The predicted octanol–water partition coefficient (Wildman–Crippen LogP) is 2.33. The van der Waals surface area contributed by atoms with E-state index in [4.69, 9.17) is 0 Å². The molecule has 0 N–H and O–H groups in total. The number of hydrogen-bond acceptors (Lipinski definition) is 2. The second-order valence-corrected chi connectivity index (χ2v) is 4.18. The van der Waals surface area contributed by atoms with Crippen LogP contribution in [-0.2, 0) is 4.79 Å². The molecule has 0 spiro atoms. The van der Waals surface area contributed by atoms with E-state index >= 15 is 0 Å². The maximum absolute atomic E-state index is 11.2. The van der Waals surface area contributed by atoms with Gasteiger partial charge in [-0.05, 0) is 32.7 Å². The largest absolute Gasteiger partial charge is 0.298 e.